The molecule has 3 amide bonds. The molecular formula is C71H83N13O28. The zero-order valence-corrected chi connectivity index (χ0v) is 60.0. The van der Waals surface area contributed by atoms with Gasteiger partial charge in [0.1, 0.15) is 66.5 Å². The van der Waals surface area contributed by atoms with Gasteiger partial charge in [0.15, 0.2) is 34.8 Å². The van der Waals surface area contributed by atoms with Crippen LogP contribution in [-0.4, -0.2) is 251 Å². The second-order valence-electron chi connectivity index (χ2n) is 26.5. The number of benzene rings is 4. The van der Waals surface area contributed by atoms with E-state index in [4.69, 9.17) is 48.4 Å². The molecule has 0 spiro atoms. The molecule has 11 rings (SSSR count). The maximum Gasteiger partial charge on any atom is 0.408 e. The number of ketones is 3. The number of rotatable bonds is 35. The minimum absolute atomic E-state index is 0.0120. The first-order valence-corrected chi connectivity index (χ1v) is 35.3. The van der Waals surface area contributed by atoms with Gasteiger partial charge in [-0.3, -0.25) is 48.9 Å². The van der Waals surface area contributed by atoms with Crippen LogP contribution < -0.4 is 53.0 Å². The summed E-state index contributed by atoms with van der Waals surface area (Å²) < 4.78 is 51.9. The molecule has 5 aliphatic rings. The van der Waals surface area contributed by atoms with Gasteiger partial charge in [-0.2, -0.15) is 4.98 Å². The number of ether oxygens (including phenoxy) is 9. The van der Waals surface area contributed by atoms with Crippen molar-refractivity contribution in [1.29, 1.82) is 0 Å². The van der Waals surface area contributed by atoms with Crippen molar-refractivity contribution >= 4 is 69.7 Å². The normalized spacial score (nSPS) is 22.4. The molecule has 7 unspecified atom stereocenters. The van der Waals surface area contributed by atoms with Gasteiger partial charge in [0.05, 0.1) is 118 Å². The van der Waals surface area contributed by atoms with Crippen molar-refractivity contribution in [3.05, 3.63) is 149 Å². The number of aliphatic carboxylic acids is 1. The van der Waals surface area contributed by atoms with Crippen molar-refractivity contribution < 1.29 is 127 Å². The first kappa shape index (κ1) is 81.8. The Balaban J connectivity index is 0.650. The largest absolute Gasteiger partial charge is 0.507 e. The molecule has 2 fully saturated rings. The lowest BCUT2D eigenvalue weighted by molar-refractivity contribution is -0.387. The van der Waals surface area contributed by atoms with Crippen molar-refractivity contribution in [3.8, 4) is 23.0 Å². The lowest BCUT2D eigenvalue weighted by Gasteiger charge is -2.41. The Bertz CT molecular complexity index is 4590. The number of nitrogens with one attached hydrogen (secondary N) is 7. The average molecular weight is 1570 g/mol. The lowest BCUT2D eigenvalue weighted by atomic mass is 9.73. The fourth-order valence-electron chi connectivity index (χ4n) is 13.3. The highest BCUT2D eigenvalue weighted by Gasteiger charge is 2.48. The van der Waals surface area contributed by atoms with E-state index in [2.05, 4.69) is 52.2 Å². The third-order valence-corrected chi connectivity index (χ3v) is 19.1. The van der Waals surface area contributed by atoms with Crippen molar-refractivity contribution in [3.63, 3.8) is 0 Å². The molecule has 2 aromatic heterocycles. The highest BCUT2D eigenvalue weighted by atomic mass is 16.7. The van der Waals surface area contributed by atoms with Crippen LogP contribution in [0.15, 0.2) is 83.6 Å². The van der Waals surface area contributed by atoms with Gasteiger partial charge in [0.25, 0.3) is 11.5 Å². The van der Waals surface area contributed by atoms with Gasteiger partial charge in [0, 0.05) is 77.6 Å². The maximum absolute atomic E-state index is 14.3. The molecule has 6 aromatic rings. The molecule has 5 heterocycles. The Labute approximate surface area is 634 Å². The van der Waals surface area contributed by atoms with E-state index in [1.807, 2.05) is 0 Å². The van der Waals surface area contributed by atoms with Crippen molar-refractivity contribution in [2.75, 3.05) is 84.1 Å². The van der Waals surface area contributed by atoms with Crippen LogP contribution in [0.5, 0.6) is 23.0 Å². The summed E-state index contributed by atoms with van der Waals surface area (Å²) in [5.41, 5.74) is 10.1. The van der Waals surface area contributed by atoms with Crippen molar-refractivity contribution in [2.24, 2.45) is 5.92 Å². The zero-order chi connectivity index (χ0) is 80.2. The topological polar surface area (TPSA) is 601 Å². The van der Waals surface area contributed by atoms with Crippen LogP contribution in [0.1, 0.15) is 116 Å². The van der Waals surface area contributed by atoms with Crippen LogP contribution >= 0.6 is 0 Å². The number of nitro benzene ring substituents is 1. The number of amides is 3. The molecule has 112 heavy (non-hydrogen) atoms. The van der Waals surface area contributed by atoms with Crippen LogP contribution in [0.25, 0.3) is 11.2 Å². The van der Waals surface area contributed by atoms with Crippen LogP contribution in [0.3, 0.4) is 0 Å². The number of fused-ring (bicyclic) bond motifs is 4. The third-order valence-electron chi connectivity index (χ3n) is 19.1. The number of Topliss-reactive ketones (excluding diaryl/α,β-unsaturated/α-hetero) is 1. The molecule has 3 aliphatic heterocycles. The van der Waals surface area contributed by atoms with E-state index in [-0.39, 0.29) is 154 Å². The number of anilines is 2. The number of hydrazine groups is 2. The summed E-state index contributed by atoms with van der Waals surface area (Å²) in [7, 11) is 1.28. The number of nitro groups is 1. The predicted molar refractivity (Wildman–Crippen MR) is 381 cm³/mol. The number of carbonyl (C=O) groups excluding carboxylic acids is 6. The van der Waals surface area contributed by atoms with Gasteiger partial charge < -0.3 is 121 Å². The molecule has 0 radical (unpaired) electrons. The lowest BCUT2D eigenvalue weighted by Crippen LogP contribution is -2.60. The Kier molecular flexibility index (Phi) is 26.8. The number of alkyl carbamates (subject to hydrolysis) is 1. The van der Waals surface area contributed by atoms with E-state index < -0.39 is 178 Å². The van der Waals surface area contributed by atoms with E-state index in [0.717, 1.165) is 12.1 Å². The monoisotopic (exact) mass is 1570 g/mol. The van der Waals surface area contributed by atoms with Crippen molar-refractivity contribution in [2.45, 2.75) is 125 Å². The van der Waals surface area contributed by atoms with Gasteiger partial charge in [0.2, 0.25) is 23.9 Å². The summed E-state index contributed by atoms with van der Waals surface area (Å²) in [5, 5.41) is 122. The summed E-state index contributed by atoms with van der Waals surface area (Å²) in [6.07, 6.45) is -15.4. The molecule has 600 valence electrons. The Hall–Kier alpha value is -11.2. The van der Waals surface area contributed by atoms with E-state index in [1.165, 1.54) is 56.6 Å². The zero-order valence-electron chi connectivity index (χ0n) is 60.0. The number of aliphatic hydroxyl groups is 6. The van der Waals surface area contributed by atoms with Crippen LogP contribution in [0, 0.1) is 16.0 Å². The van der Waals surface area contributed by atoms with Gasteiger partial charge in [-0.1, -0.05) is 18.2 Å². The number of nitrogens with zero attached hydrogens (tertiary/aromatic N) is 5. The van der Waals surface area contributed by atoms with Gasteiger partial charge in [-0.05, 0) is 68.1 Å². The number of hydrogen-bond acceptors (Lipinski definition) is 35. The number of carboxylic acid groups (broad SMARTS) is 1. The molecule has 2 saturated heterocycles. The first-order chi connectivity index (χ1) is 53.7. The molecule has 0 saturated carbocycles. The predicted octanol–water partition coefficient (Wildman–Crippen LogP) is -0.911. The second-order valence-corrected chi connectivity index (χ2v) is 26.5. The fraction of sp³-hybridized carbons (Fsp3) is 0.451. The van der Waals surface area contributed by atoms with Crippen LogP contribution in [0.4, 0.5) is 22.1 Å². The van der Waals surface area contributed by atoms with E-state index in [0.29, 0.717) is 17.1 Å². The summed E-state index contributed by atoms with van der Waals surface area (Å²) >= 11 is 0. The number of methoxy groups -OCH3 is 1. The Morgan fingerprint density at radius 3 is 2.29 bits per heavy atom. The summed E-state index contributed by atoms with van der Waals surface area (Å²) in [4.78, 5) is 132. The highest BCUT2D eigenvalue weighted by Crippen LogP contribution is 2.52. The summed E-state index contributed by atoms with van der Waals surface area (Å²) in [6.45, 7) is 1.06. The average Bonchev–Trinajstić information content (AvgIpc) is 0.776. The molecule has 41 heteroatoms. The van der Waals surface area contributed by atoms with Crippen LogP contribution in [0.2, 0.25) is 0 Å². The third kappa shape index (κ3) is 19.0. The summed E-state index contributed by atoms with van der Waals surface area (Å²) in [5.74, 6) is -7.94. The number of aromatic nitrogens is 4. The van der Waals surface area contributed by atoms with Gasteiger partial charge in [-0.25, -0.2) is 19.6 Å². The molecule has 4 aromatic carbocycles. The number of nitrogen functional groups attached to an aromatic ring is 1. The van der Waals surface area contributed by atoms with E-state index in [1.54, 1.807) is 23.3 Å². The molecule has 18 N–H and O–H groups in total. The highest BCUT2D eigenvalue weighted by molar-refractivity contribution is 6.31. The smallest absolute Gasteiger partial charge is 0.408 e. The number of carboxylic acids is 1. The maximum atomic E-state index is 14.3. The Morgan fingerprint density at radius 2 is 1.58 bits per heavy atom. The van der Waals surface area contributed by atoms with E-state index >= 15 is 0 Å². The number of nitrogens with two attached hydrogens (primary N) is 1. The van der Waals surface area contributed by atoms with Crippen LogP contribution in [-0.2, 0) is 60.5 Å². The summed E-state index contributed by atoms with van der Waals surface area (Å²) in [6, 6.07) is 11.1. The molecule has 2 aliphatic carbocycles. The van der Waals surface area contributed by atoms with Crippen molar-refractivity contribution in [1.82, 2.24) is 51.9 Å². The standard InChI is InChI=1S/C71H83N13O28/c1-32-57(89)42(26-51(108-32)109-48-24-35(44(87)30-85)22-40-53(48)62(94)55-54(59(40)91)58(90)39-4-3-5-46(104-2)52(39)61(55)93)78-71(101)112-47(34-8-12-45(43(23-34)84(102)103)110-69-64(96)63(95)60(92)49(31-86)111-69)25-37-29-83(82-81-37)15-17-106-19-21-107-20-18-105-16-14-73-50(88)13-11-41(68(99)100)77-66(97)33-6-9-36(10-7-33)74-27-38-28-75-65-56(76-38)67(98)80-70(72)79-65/h3-10,12,23,28-29,32,35,41-42,47-49,51,57,60,63-64,69,74,81-82,85-86,89,91-92,94-96H,11,13-22,24-27,30-31H2,1-2H3,(H,73,88)(H,77,97)(H,78,101)(H,99,100)(H3,72,75,79,80,98)/t32?,35?,41-,42?,47-,48-,49?,51?,57?,60-,63-,64?,69+/m0/s1. The number of H-pyrrole nitrogens is 1. The number of aromatic hydroxyl groups is 2. The number of hydrogen-bond donors (Lipinski definition) is 17. The molecule has 41 nitrogen and oxygen atoms in total. The molecule has 13 atom stereocenters. The number of aromatic amines is 1. The minimum Gasteiger partial charge on any atom is -0.507 e. The van der Waals surface area contributed by atoms with Gasteiger partial charge >= 0.3 is 17.7 Å². The fourth-order valence-corrected chi connectivity index (χ4v) is 13.3. The van der Waals surface area contributed by atoms with Gasteiger partial charge in [-0.15, -0.1) is 5.53 Å². The minimum atomic E-state index is -1.95. The number of phenols is 2. The second kappa shape index (κ2) is 36.8. The first-order valence-electron chi connectivity index (χ1n) is 35.3. The number of carbonyl (C=O) groups is 7. The quantitative estimate of drug-likeness (QED) is 0.00989. The molecule has 0 bridgehead atoms. The number of phenolic OH excluding ortho intramolecular Hbond substituents is 2. The SMILES string of the molecule is COc1cccc2c1C(=O)c1c(O)c3c(c(O)c1C2=O)CC(C(=O)CO)C[C@@H]3OC1CC(NC(=O)O[C@@H](CC2=CN(CCOCCOCCOCCNC(=O)CC[C@H](NC(=O)c3ccc(NCc4cnc5nc(N)[nH]c(=O)c5n4)cc3)C(=O)O)NN2)c2ccc(O[C@@H]3OC(CO)[C@H](O)[C@H](O)C3O)c([N+](=O)[O-])c2)C(O)C(C)O1. The Morgan fingerprint density at radius 1 is 0.848 bits per heavy atom. The molecular weight excluding hydrogens is 1480 g/mol. The van der Waals surface area contributed by atoms with E-state index in [9.17, 15) is 94.4 Å². The number of aliphatic hydroxyl groups excluding tert-OH is 6.